The first kappa shape index (κ1) is 15.5. The van der Waals surface area contributed by atoms with E-state index in [1.54, 1.807) is 25.1 Å². The molecule has 6 heteroatoms. The Hall–Kier alpha value is -2.89. The van der Waals surface area contributed by atoms with Gasteiger partial charge in [0.1, 0.15) is 23.8 Å². The molecule has 2 aromatic carbocycles. The summed E-state index contributed by atoms with van der Waals surface area (Å²) in [5, 5.41) is 39.0. The quantitative estimate of drug-likeness (QED) is 0.677. The lowest BCUT2D eigenvalue weighted by atomic mass is 10.0. The van der Waals surface area contributed by atoms with E-state index in [9.17, 15) is 20.1 Å². The molecule has 0 aliphatic rings. The third-order valence-electron chi connectivity index (χ3n) is 3.44. The maximum absolute atomic E-state index is 11.2. The van der Waals surface area contributed by atoms with Crippen LogP contribution in [-0.2, 0) is 4.79 Å². The average molecular weight is 303 g/mol. The third-order valence-corrected chi connectivity index (χ3v) is 3.44. The number of hydrogen-bond donors (Lipinski definition) is 4. The summed E-state index contributed by atoms with van der Waals surface area (Å²) >= 11 is 0. The van der Waals surface area contributed by atoms with Crippen LogP contribution < -0.4 is 4.90 Å². The molecule has 22 heavy (non-hydrogen) atoms. The van der Waals surface area contributed by atoms with E-state index in [0.717, 1.165) is 0 Å². The molecule has 0 radical (unpaired) electrons. The fourth-order valence-electron chi connectivity index (χ4n) is 2.41. The largest absolute Gasteiger partial charge is 0.507 e. The van der Waals surface area contributed by atoms with Crippen LogP contribution >= 0.6 is 0 Å². The molecule has 0 fully saturated rings. The molecule has 0 aliphatic heterocycles. The normalized spacial score (nSPS) is 11.9. The number of carboxylic acid groups (broad SMARTS) is 1. The summed E-state index contributed by atoms with van der Waals surface area (Å²) in [5.41, 5.74) is 0.507. The summed E-state index contributed by atoms with van der Waals surface area (Å²) in [6.07, 6.45) is 0. The first-order valence-electron chi connectivity index (χ1n) is 6.69. The fraction of sp³-hybridized carbons (Fsp3) is 0.188. The highest BCUT2D eigenvalue weighted by Crippen LogP contribution is 2.39. The zero-order chi connectivity index (χ0) is 16.3. The Kier molecular flexibility index (Phi) is 4.41. The summed E-state index contributed by atoms with van der Waals surface area (Å²) in [6, 6.07) is 9.97. The molecule has 6 nitrogen and oxygen atoms in total. The Morgan fingerprint density at radius 2 is 1.55 bits per heavy atom. The minimum atomic E-state index is -1.09. The molecule has 0 saturated heterocycles. The number of benzene rings is 2. The number of phenols is 3. The van der Waals surface area contributed by atoms with Crippen molar-refractivity contribution >= 4 is 11.7 Å². The second-order valence-electron chi connectivity index (χ2n) is 4.90. The lowest BCUT2D eigenvalue weighted by Crippen LogP contribution is -2.32. The van der Waals surface area contributed by atoms with Crippen molar-refractivity contribution in [3.05, 3.63) is 48.0 Å². The van der Waals surface area contributed by atoms with Crippen LogP contribution in [0.25, 0.3) is 0 Å². The number of aliphatic carboxylic acids is 1. The molecule has 0 spiro atoms. The molecule has 4 N–H and O–H groups in total. The van der Waals surface area contributed by atoms with Crippen molar-refractivity contribution in [2.24, 2.45) is 0 Å². The van der Waals surface area contributed by atoms with Crippen LogP contribution in [0.15, 0.2) is 42.5 Å². The number of carbonyl (C=O) groups is 1. The van der Waals surface area contributed by atoms with Crippen LogP contribution in [0.3, 0.4) is 0 Å². The van der Waals surface area contributed by atoms with Gasteiger partial charge in [-0.2, -0.15) is 0 Å². The van der Waals surface area contributed by atoms with Crippen molar-refractivity contribution in [1.29, 1.82) is 0 Å². The number of carboxylic acids is 1. The van der Waals surface area contributed by atoms with E-state index in [-0.39, 0.29) is 22.8 Å². The molecule has 0 saturated carbocycles. The van der Waals surface area contributed by atoms with Gasteiger partial charge < -0.3 is 25.3 Å². The van der Waals surface area contributed by atoms with Crippen molar-refractivity contribution in [2.75, 3.05) is 11.4 Å². The monoisotopic (exact) mass is 303 g/mol. The first-order chi connectivity index (χ1) is 10.4. The van der Waals surface area contributed by atoms with E-state index in [2.05, 4.69) is 0 Å². The molecule has 2 rings (SSSR count). The van der Waals surface area contributed by atoms with Gasteiger partial charge in [-0.3, -0.25) is 4.79 Å². The van der Waals surface area contributed by atoms with Crippen molar-refractivity contribution < 1.29 is 25.2 Å². The van der Waals surface area contributed by atoms with E-state index >= 15 is 0 Å². The van der Waals surface area contributed by atoms with E-state index in [1.165, 1.54) is 29.2 Å². The van der Waals surface area contributed by atoms with Crippen molar-refractivity contribution in [1.82, 2.24) is 0 Å². The number of phenolic OH excluding ortho intramolecular Hbond substituents is 3. The topological polar surface area (TPSA) is 101 Å². The lowest BCUT2D eigenvalue weighted by molar-refractivity contribution is -0.135. The molecule has 2 aromatic rings. The standard InChI is InChI=1S/C16H17NO5/c1-10(16-13(19)7-4-8-14(16)20)17(9-15(21)22)11-5-2-3-6-12(11)18/h2-8,10,18-20H,9H2,1H3,(H,21,22). The number of para-hydroxylation sites is 2. The summed E-state index contributed by atoms with van der Waals surface area (Å²) in [6.45, 7) is 1.25. The third kappa shape index (κ3) is 3.06. The zero-order valence-electron chi connectivity index (χ0n) is 12.0. The maximum Gasteiger partial charge on any atom is 0.323 e. The van der Waals surface area contributed by atoms with Crippen molar-refractivity contribution in [2.45, 2.75) is 13.0 Å². The summed E-state index contributed by atoms with van der Waals surface area (Å²) in [4.78, 5) is 12.5. The van der Waals surface area contributed by atoms with Gasteiger partial charge in [-0.1, -0.05) is 18.2 Å². The van der Waals surface area contributed by atoms with Gasteiger partial charge in [-0.05, 0) is 31.2 Å². The van der Waals surface area contributed by atoms with Crippen LogP contribution in [-0.4, -0.2) is 32.9 Å². The minimum absolute atomic E-state index is 0.0782. The SMILES string of the molecule is CC(c1c(O)cccc1O)N(CC(=O)O)c1ccccc1O. The predicted molar refractivity (Wildman–Crippen MR) is 81.3 cm³/mol. The molecule has 0 aromatic heterocycles. The van der Waals surface area contributed by atoms with Gasteiger partial charge in [0.05, 0.1) is 17.3 Å². The van der Waals surface area contributed by atoms with E-state index in [1.807, 2.05) is 0 Å². The van der Waals surface area contributed by atoms with Crippen LogP contribution in [0.2, 0.25) is 0 Å². The Balaban J connectivity index is 2.50. The Labute approximate surface area is 127 Å². The number of hydrogen-bond acceptors (Lipinski definition) is 5. The molecule has 1 unspecified atom stereocenters. The Morgan fingerprint density at radius 3 is 2.09 bits per heavy atom. The zero-order valence-corrected chi connectivity index (χ0v) is 12.0. The highest BCUT2D eigenvalue weighted by Gasteiger charge is 2.25. The Morgan fingerprint density at radius 1 is 1.00 bits per heavy atom. The lowest BCUT2D eigenvalue weighted by Gasteiger charge is -2.31. The molecular weight excluding hydrogens is 286 g/mol. The van der Waals surface area contributed by atoms with Crippen molar-refractivity contribution in [3.63, 3.8) is 0 Å². The molecule has 116 valence electrons. The summed E-state index contributed by atoms with van der Waals surface area (Å²) in [5.74, 6) is -1.45. The van der Waals surface area contributed by atoms with E-state index < -0.39 is 18.6 Å². The van der Waals surface area contributed by atoms with Crippen molar-refractivity contribution in [3.8, 4) is 17.2 Å². The van der Waals surface area contributed by atoms with Gasteiger partial charge in [0.15, 0.2) is 0 Å². The van der Waals surface area contributed by atoms with Gasteiger partial charge in [0, 0.05) is 0 Å². The van der Waals surface area contributed by atoms with E-state index in [4.69, 9.17) is 5.11 Å². The van der Waals surface area contributed by atoms with E-state index in [0.29, 0.717) is 5.69 Å². The maximum atomic E-state index is 11.2. The second kappa shape index (κ2) is 6.26. The van der Waals surface area contributed by atoms with Gasteiger partial charge in [0.2, 0.25) is 0 Å². The number of rotatable bonds is 5. The fourth-order valence-corrected chi connectivity index (χ4v) is 2.41. The molecule has 0 amide bonds. The minimum Gasteiger partial charge on any atom is -0.507 e. The number of nitrogens with zero attached hydrogens (tertiary/aromatic N) is 1. The highest BCUT2D eigenvalue weighted by atomic mass is 16.4. The van der Waals surface area contributed by atoms with Gasteiger partial charge in [-0.25, -0.2) is 0 Å². The summed E-state index contributed by atoms with van der Waals surface area (Å²) in [7, 11) is 0. The van der Waals surface area contributed by atoms with Crippen LogP contribution in [0.5, 0.6) is 17.2 Å². The first-order valence-corrected chi connectivity index (χ1v) is 6.69. The van der Waals surface area contributed by atoms with Crippen LogP contribution in [0.1, 0.15) is 18.5 Å². The molecular formula is C16H17NO5. The van der Waals surface area contributed by atoms with Crippen LogP contribution in [0.4, 0.5) is 5.69 Å². The number of anilines is 1. The molecule has 1 atom stereocenters. The second-order valence-corrected chi connectivity index (χ2v) is 4.90. The smallest absolute Gasteiger partial charge is 0.323 e. The summed E-state index contributed by atoms with van der Waals surface area (Å²) < 4.78 is 0. The molecule has 0 bridgehead atoms. The van der Waals surface area contributed by atoms with Crippen LogP contribution in [0, 0.1) is 0 Å². The number of aromatic hydroxyl groups is 3. The van der Waals surface area contributed by atoms with Gasteiger partial charge in [-0.15, -0.1) is 0 Å². The van der Waals surface area contributed by atoms with Gasteiger partial charge in [0.25, 0.3) is 0 Å². The average Bonchev–Trinajstić information content (AvgIpc) is 2.45. The molecule has 0 aliphatic carbocycles. The highest BCUT2D eigenvalue weighted by molar-refractivity contribution is 5.76. The van der Waals surface area contributed by atoms with Gasteiger partial charge >= 0.3 is 5.97 Å². The molecule has 0 heterocycles. The predicted octanol–water partition coefficient (Wildman–Crippen LogP) is 2.46. The Bertz CT molecular complexity index is 666.